The number of aliphatic carboxylic acids is 2. The van der Waals surface area contributed by atoms with Gasteiger partial charge in [0.1, 0.15) is 0 Å². The van der Waals surface area contributed by atoms with E-state index in [1.54, 1.807) is 0 Å². The molecule has 138 valence electrons. The van der Waals surface area contributed by atoms with Gasteiger partial charge >= 0.3 is 23.9 Å². The first kappa shape index (κ1) is 21.9. The Morgan fingerprint density at radius 1 is 0.917 bits per heavy atom. The summed E-state index contributed by atoms with van der Waals surface area (Å²) < 4.78 is 9.39. The first-order chi connectivity index (χ1) is 10.7. The summed E-state index contributed by atoms with van der Waals surface area (Å²) in [5, 5.41) is 19.1. The largest absolute Gasteiger partial charge is 0.481 e. The molecule has 0 aliphatic carbocycles. The van der Waals surface area contributed by atoms with E-state index in [0.717, 1.165) is 14.2 Å². The van der Waals surface area contributed by atoms with Crippen LogP contribution in [0.2, 0.25) is 0 Å². The van der Waals surface area contributed by atoms with E-state index in [1.807, 2.05) is 0 Å². The normalized spacial score (nSPS) is 17.8. The first-order valence-corrected chi connectivity index (χ1v) is 7.35. The number of hydrogen-bond donors (Lipinski definition) is 2. The van der Waals surface area contributed by atoms with Gasteiger partial charge in [-0.2, -0.15) is 0 Å². The van der Waals surface area contributed by atoms with Crippen LogP contribution in [0.5, 0.6) is 0 Å². The lowest BCUT2D eigenvalue weighted by Crippen LogP contribution is -2.53. The molecule has 0 aromatic carbocycles. The standard InChI is InChI=1S/C16H26O8/c1-9(10(17)23-6)15(4,13(22)24-7)8-16(5,12(20)21)14(2,3)11(18)19/h9H,8H2,1-7H3,(H,18,19)(H,20,21). The summed E-state index contributed by atoms with van der Waals surface area (Å²) in [6.07, 6.45) is -0.419. The van der Waals surface area contributed by atoms with Crippen molar-refractivity contribution in [2.45, 2.75) is 41.0 Å². The average molecular weight is 346 g/mol. The van der Waals surface area contributed by atoms with E-state index >= 15 is 0 Å². The molecular formula is C16H26O8. The van der Waals surface area contributed by atoms with Gasteiger partial charge in [0.05, 0.1) is 36.4 Å². The number of methoxy groups -OCH3 is 2. The van der Waals surface area contributed by atoms with Crippen molar-refractivity contribution in [2.24, 2.45) is 22.2 Å². The van der Waals surface area contributed by atoms with Gasteiger partial charge in [-0.25, -0.2) is 0 Å². The Morgan fingerprint density at radius 3 is 1.67 bits per heavy atom. The van der Waals surface area contributed by atoms with Crippen LogP contribution in [-0.4, -0.2) is 48.3 Å². The Morgan fingerprint density at radius 2 is 1.38 bits per heavy atom. The number of ether oxygens (including phenoxy) is 2. The van der Waals surface area contributed by atoms with E-state index in [4.69, 9.17) is 4.74 Å². The Bertz CT molecular complexity index is 538. The quantitative estimate of drug-likeness (QED) is 0.634. The molecule has 0 bridgehead atoms. The van der Waals surface area contributed by atoms with Gasteiger partial charge in [-0.05, 0) is 34.1 Å². The Hall–Kier alpha value is -2.12. The highest BCUT2D eigenvalue weighted by atomic mass is 16.5. The zero-order chi connectivity index (χ0) is 19.5. The summed E-state index contributed by atoms with van der Waals surface area (Å²) in [6.45, 7) is 6.57. The van der Waals surface area contributed by atoms with Crippen molar-refractivity contribution < 1.29 is 38.9 Å². The number of carbonyl (C=O) groups excluding carboxylic acids is 2. The van der Waals surface area contributed by atoms with Gasteiger partial charge in [0.15, 0.2) is 0 Å². The number of carboxylic acids is 2. The second kappa shape index (κ2) is 7.19. The second-order valence-electron chi connectivity index (χ2n) is 6.90. The highest BCUT2D eigenvalue weighted by Crippen LogP contribution is 2.50. The topological polar surface area (TPSA) is 127 Å². The molecule has 0 aromatic heterocycles. The van der Waals surface area contributed by atoms with E-state index in [1.165, 1.54) is 34.6 Å². The van der Waals surface area contributed by atoms with Gasteiger partial charge in [0.2, 0.25) is 0 Å². The average Bonchev–Trinajstić information content (AvgIpc) is 2.51. The molecule has 0 spiro atoms. The number of hydrogen-bond acceptors (Lipinski definition) is 6. The lowest BCUT2D eigenvalue weighted by atomic mass is 9.57. The van der Waals surface area contributed by atoms with Crippen molar-refractivity contribution in [1.29, 1.82) is 0 Å². The molecule has 0 heterocycles. The summed E-state index contributed by atoms with van der Waals surface area (Å²) in [5.41, 5.74) is -5.13. The van der Waals surface area contributed by atoms with Crippen LogP contribution in [0.25, 0.3) is 0 Å². The highest BCUT2D eigenvalue weighted by Gasteiger charge is 2.59. The summed E-state index contributed by atoms with van der Waals surface area (Å²) in [5.74, 6) is -5.27. The molecule has 0 fully saturated rings. The highest BCUT2D eigenvalue weighted by molar-refractivity contribution is 5.89. The lowest BCUT2D eigenvalue weighted by Gasteiger charge is -2.43. The number of rotatable bonds is 8. The van der Waals surface area contributed by atoms with Gasteiger partial charge in [-0.3, -0.25) is 19.2 Å². The molecule has 0 aliphatic rings. The number of carbonyl (C=O) groups is 4. The third-order valence-corrected chi connectivity index (χ3v) is 5.27. The summed E-state index contributed by atoms with van der Waals surface area (Å²) in [6, 6.07) is 0. The molecule has 0 amide bonds. The van der Waals surface area contributed by atoms with Crippen molar-refractivity contribution in [3.63, 3.8) is 0 Å². The van der Waals surface area contributed by atoms with Crippen LogP contribution < -0.4 is 0 Å². The molecule has 0 aromatic rings. The fraction of sp³-hybridized carbons (Fsp3) is 0.750. The van der Waals surface area contributed by atoms with Crippen molar-refractivity contribution in [3.8, 4) is 0 Å². The summed E-state index contributed by atoms with van der Waals surface area (Å²) in [4.78, 5) is 47.7. The molecule has 8 nitrogen and oxygen atoms in total. The van der Waals surface area contributed by atoms with E-state index in [0.29, 0.717) is 0 Å². The van der Waals surface area contributed by atoms with E-state index in [2.05, 4.69) is 4.74 Å². The van der Waals surface area contributed by atoms with Gasteiger partial charge in [0.25, 0.3) is 0 Å². The van der Waals surface area contributed by atoms with Crippen molar-refractivity contribution in [2.75, 3.05) is 14.2 Å². The number of carboxylic acid groups (broad SMARTS) is 2. The minimum absolute atomic E-state index is 0.419. The SMILES string of the molecule is COC(=O)C(C)C(C)(CC(C)(C(=O)O)C(C)(C)C(=O)O)C(=O)OC. The van der Waals surface area contributed by atoms with Crippen LogP contribution in [0.1, 0.15) is 41.0 Å². The van der Waals surface area contributed by atoms with Crippen molar-refractivity contribution in [3.05, 3.63) is 0 Å². The van der Waals surface area contributed by atoms with Crippen molar-refractivity contribution in [1.82, 2.24) is 0 Å². The molecule has 3 atom stereocenters. The Balaban J connectivity index is 6.26. The predicted octanol–water partition coefficient (Wildman–Crippen LogP) is 1.57. The van der Waals surface area contributed by atoms with E-state index < -0.39 is 52.5 Å². The smallest absolute Gasteiger partial charge is 0.312 e. The molecule has 0 radical (unpaired) electrons. The van der Waals surface area contributed by atoms with Crippen LogP contribution in [0, 0.1) is 22.2 Å². The molecular weight excluding hydrogens is 320 g/mol. The monoisotopic (exact) mass is 346 g/mol. The van der Waals surface area contributed by atoms with Gasteiger partial charge < -0.3 is 19.7 Å². The van der Waals surface area contributed by atoms with E-state index in [-0.39, 0.29) is 0 Å². The van der Waals surface area contributed by atoms with Gasteiger partial charge in [0, 0.05) is 0 Å². The molecule has 8 heteroatoms. The first-order valence-electron chi connectivity index (χ1n) is 7.35. The fourth-order valence-electron chi connectivity index (χ4n) is 2.61. The molecule has 3 unspecified atom stereocenters. The minimum atomic E-state index is -1.84. The maximum Gasteiger partial charge on any atom is 0.312 e. The van der Waals surface area contributed by atoms with Gasteiger partial charge in [-0.1, -0.05) is 6.92 Å². The zero-order valence-corrected chi connectivity index (χ0v) is 15.1. The van der Waals surface area contributed by atoms with Crippen LogP contribution in [-0.2, 0) is 28.7 Å². The molecule has 24 heavy (non-hydrogen) atoms. The summed E-state index contributed by atoms with van der Waals surface area (Å²) >= 11 is 0. The number of esters is 2. The maximum absolute atomic E-state index is 12.3. The molecule has 0 saturated heterocycles. The van der Waals surface area contributed by atoms with Crippen LogP contribution >= 0.6 is 0 Å². The lowest BCUT2D eigenvalue weighted by molar-refractivity contribution is -0.181. The second-order valence-corrected chi connectivity index (χ2v) is 6.90. The predicted molar refractivity (Wildman–Crippen MR) is 83.1 cm³/mol. The Labute approximate surface area is 141 Å². The molecule has 0 aliphatic heterocycles. The van der Waals surface area contributed by atoms with Crippen LogP contribution in [0.4, 0.5) is 0 Å². The molecule has 0 saturated carbocycles. The van der Waals surface area contributed by atoms with E-state index in [9.17, 15) is 29.4 Å². The van der Waals surface area contributed by atoms with Crippen LogP contribution in [0.3, 0.4) is 0 Å². The minimum Gasteiger partial charge on any atom is -0.481 e. The zero-order valence-electron chi connectivity index (χ0n) is 15.1. The maximum atomic E-state index is 12.3. The molecule has 0 rings (SSSR count). The third-order valence-electron chi connectivity index (χ3n) is 5.27. The fourth-order valence-corrected chi connectivity index (χ4v) is 2.61. The van der Waals surface area contributed by atoms with Crippen molar-refractivity contribution >= 4 is 23.9 Å². The van der Waals surface area contributed by atoms with Gasteiger partial charge in [-0.15, -0.1) is 0 Å². The third kappa shape index (κ3) is 3.52. The molecule has 2 N–H and O–H groups in total. The summed E-state index contributed by atoms with van der Waals surface area (Å²) in [7, 11) is 2.26. The Kier molecular flexibility index (Phi) is 6.55. The van der Waals surface area contributed by atoms with Crippen LogP contribution in [0.15, 0.2) is 0 Å².